The third-order valence-electron chi connectivity index (χ3n) is 4.14. The van der Waals surface area contributed by atoms with Gasteiger partial charge >= 0.3 is 0 Å². The predicted octanol–water partition coefficient (Wildman–Crippen LogP) is 1.35. The minimum Gasteiger partial charge on any atom is -0.390 e. The van der Waals surface area contributed by atoms with Gasteiger partial charge in [0.15, 0.2) is 0 Å². The van der Waals surface area contributed by atoms with E-state index in [1.807, 2.05) is 6.92 Å². The highest BCUT2D eigenvalue weighted by Crippen LogP contribution is 2.46. The Labute approximate surface area is 80.9 Å². The maximum atomic E-state index is 10.2. The summed E-state index contributed by atoms with van der Waals surface area (Å²) in [4.78, 5) is 2.37. The molecule has 1 saturated heterocycles. The van der Waals surface area contributed by atoms with Crippen molar-refractivity contribution in [3.8, 4) is 0 Å². The van der Waals surface area contributed by atoms with Gasteiger partial charge in [-0.3, -0.25) is 0 Å². The van der Waals surface area contributed by atoms with E-state index in [0.717, 1.165) is 24.8 Å². The zero-order valence-corrected chi connectivity index (χ0v) is 8.95. The Morgan fingerprint density at radius 1 is 1.38 bits per heavy atom. The molecule has 13 heavy (non-hydrogen) atoms. The van der Waals surface area contributed by atoms with Crippen molar-refractivity contribution in [1.29, 1.82) is 0 Å². The van der Waals surface area contributed by atoms with Crippen molar-refractivity contribution in [3.05, 3.63) is 0 Å². The molecule has 0 spiro atoms. The first-order chi connectivity index (χ1) is 6.00. The number of aliphatic hydroxyl groups is 1. The van der Waals surface area contributed by atoms with Crippen molar-refractivity contribution < 1.29 is 5.11 Å². The van der Waals surface area contributed by atoms with Crippen LogP contribution < -0.4 is 0 Å². The molecule has 2 heteroatoms. The van der Waals surface area contributed by atoms with Crippen molar-refractivity contribution in [2.75, 3.05) is 20.1 Å². The Bertz CT molecular complexity index is 202. The van der Waals surface area contributed by atoms with Crippen molar-refractivity contribution in [1.82, 2.24) is 4.90 Å². The second kappa shape index (κ2) is 2.96. The molecule has 0 bridgehead atoms. The molecule has 0 aromatic carbocycles. The summed E-state index contributed by atoms with van der Waals surface area (Å²) in [6.07, 6.45) is 2.23. The average Bonchev–Trinajstić information content (AvgIpc) is 2.28. The Balaban J connectivity index is 2.16. The van der Waals surface area contributed by atoms with Crippen molar-refractivity contribution in [2.24, 2.45) is 17.8 Å². The van der Waals surface area contributed by atoms with Gasteiger partial charge in [0.2, 0.25) is 0 Å². The fourth-order valence-electron chi connectivity index (χ4n) is 3.36. The van der Waals surface area contributed by atoms with E-state index in [4.69, 9.17) is 0 Å². The van der Waals surface area contributed by atoms with Crippen LogP contribution >= 0.6 is 0 Å². The summed E-state index contributed by atoms with van der Waals surface area (Å²) in [6, 6.07) is 0. The van der Waals surface area contributed by atoms with Crippen LogP contribution in [0.1, 0.15) is 26.7 Å². The Kier molecular flexibility index (Phi) is 2.16. The number of hydrogen-bond donors (Lipinski definition) is 1. The topological polar surface area (TPSA) is 23.5 Å². The minimum atomic E-state index is -0.395. The lowest BCUT2D eigenvalue weighted by molar-refractivity contribution is -0.0301. The predicted molar refractivity (Wildman–Crippen MR) is 53.5 cm³/mol. The summed E-state index contributed by atoms with van der Waals surface area (Å²) in [5.41, 5.74) is -0.395. The lowest BCUT2D eigenvalue weighted by Crippen LogP contribution is -2.48. The highest BCUT2D eigenvalue weighted by Gasteiger charge is 2.48. The molecule has 1 aliphatic carbocycles. The molecule has 0 radical (unpaired) electrons. The SMILES string of the molecule is C[C@H]1CN(C)C[C@@H]2[C@H]1CC[C@]2(C)O. The smallest absolute Gasteiger partial charge is 0.0662 e. The van der Waals surface area contributed by atoms with E-state index in [1.54, 1.807) is 0 Å². The van der Waals surface area contributed by atoms with E-state index < -0.39 is 5.60 Å². The molecule has 0 aromatic heterocycles. The molecule has 0 aromatic rings. The molecule has 4 atom stereocenters. The zero-order chi connectivity index (χ0) is 9.64. The molecule has 0 unspecified atom stereocenters. The van der Waals surface area contributed by atoms with E-state index >= 15 is 0 Å². The number of piperidine rings is 1. The van der Waals surface area contributed by atoms with Crippen LogP contribution in [0.3, 0.4) is 0 Å². The number of hydrogen-bond acceptors (Lipinski definition) is 2. The first-order valence-electron chi connectivity index (χ1n) is 5.41. The summed E-state index contributed by atoms with van der Waals surface area (Å²) < 4.78 is 0. The van der Waals surface area contributed by atoms with Crippen LogP contribution in [0.15, 0.2) is 0 Å². The molecule has 1 heterocycles. The Morgan fingerprint density at radius 3 is 2.77 bits per heavy atom. The summed E-state index contributed by atoms with van der Waals surface area (Å²) in [7, 11) is 2.17. The second-order valence-electron chi connectivity index (χ2n) is 5.36. The first kappa shape index (κ1) is 9.47. The molecule has 76 valence electrons. The molecule has 2 rings (SSSR count). The van der Waals surface area contributed by atoms with E-state index in [9.17, 15) is 5.11 Å². The van der Waals surface area contributed by atoms with Crippen LogP contribution in [-0.4, -0.2) is 35.7 Å². The van der Waals surface area contributed by atoms with Gasteiger partial charge in [-0.05, 0) is 38.6 Å². The Morgan fingerprint density at radius 2 is 2.08 bits per heavy atom. The third kappa shape index (κ3) is 1.50. The maximum absolute atomic E-state index is 10.2. The fraction of sp³-hybridized carbons (Fsp3) is 1.00. The summed E-state index contributed by atoms with van der Waals surface area (Å²) >= 11 is 0. The van der Waals surface area contributed by atoms with Gasteiger partial charge in [0.25, 0.3) is 0 Å². The van der Waals surface area contributed by atoms with Crippen molar-refractivity contribution >= 4 is 0 Å². The van der Waals surface area contributed by atoms with Crippen LogP contribution in [0.2, 0.25) is 0 Å². The first-order valence-corrected chi connectivity index (χ1v) is 5.41. The largest absolute Gasteiger partial charge is 0.390 e. The highest BCUT2D eigenvalue weighted by atomic mass is 16.3. The van der Waals surface area contributed by atoms with Crippen molar-refractivity contribution in [3.63, 3.8) is 0 Å². The van der Waals surface area contributed by atoms with Gasteiger partial charge in [0.05, 0.1) is 5.60 Å². The van der Waals surface area contributed by atoms with Crippen LogP contribution in [-0.2, 0) is 0 Å². The quantitative estimate of drug-likeness (QED) is 0.612. The number of likely N-dealkylation sites (tertiary alicyclic amines) is 1. The molecular weight excluding hydrogens is 162 g/mol. The minimum absolute atomic E-state index is 0.395. The number of rotatable bonds is 0. The lowest BCUT2D eigenvalue weighted by Gasteiger charge is -2.41. The normalized spacial score (nSPS) is 52.2. The molecule has 2 nitrogen and oxygen atoms in total. The fourth-order valence-corrected chi connectivity index (χ4v) is 3.36. The van der Waals surface area contributed by atoms with Gasteiger partial charge in [-0.2, -0.15) is 0 Å². The van der Waals surface area contributed by atoms with Crippen LogP contribution in [0.5, 0.6) is 0 Å². The summed E-state index contributed by atoms with van der Waals surface area (Å²) in [5, 5.41) is 10.2. The highest BCUT2D eigenvalue weighted by molar-refractivity contribution is 4.99. The van der Waals surface area contributed by atoms with Crippen LogP contribution in [0, 0.1) is 17.8 Å². The molecule has 0 amide bonds. The molecular formula is C11H21NO. The molecule has 1 N–H and O–H groups in total. The van der Waals surface area contributed by atoms with Crippen molar-refractivity contribution in [2.45, 2.75) is 32.3 Å². The number of nitrogens with zero attached hydrogens (tertiary/aromatic N) is 1. The summed E-state index contributed by atoms with van der Waals surface area (Å²) in [5.74, 6) is 2.05. The standard InChI is InChI=1S/C11H21NO/c1-8-6-12(3)7-10-9(8)4-5-11(10,2)13/h8-10,13H,4-7H2,1-3H3/t8-,9-,10+,11-/m0/s1. The summed E-state index contributed by atoms with van der Waals surface area (Å²) in [6.45, 7) is 6.64. The zero-order valence-electron chi connectivity index (χ0n) is 8.95. The van der Waals surface area contributed by atoms with Gasteiger partial charge in [0, 0.05) is 19.0 Å². The molecule has 1 saturated carbocycles. The molecule has 1 aliphatic heterocycles. The van der Waals surface area contributed by atoms with Gasteiger partial charge in [0.1, 0.15) is 0 Å². The van der Waals surface area contributed by atoms with E-state index in [-0.39, 0.29) is 0 Å². The molecule has 2 aliphatic rings. The van der Waals surface area contributed by atoms with Crippen LogP contribution in [0.4, 0.5) is 0 Å². The van der Waals surface area contributed by atoms with Gasteiger partial charge in [-0.1, -0.05) is 6.92 Å². The Hall–Kier alpha value is -0.0800. The van der Waals surface area contributed by atoms with E-state index in [1.165, 1.54) is 13.0 Å². The van der Waals surface area contributed by atoms with Gasteiger partial charge < -0.3 is 10.0 Å². The van der Waals surface area contributed by atoms with Gasteiger partial charge in [-0.15, -0.1) is 0 Å². The third-order valence-corrected chi connectivity index (χ3v) is 4.14. The van der Waals surface area contributed by atoms with E-state index in [0.29, 0.717) is 5.92 Å². The van der Waals surface area contributed by atoms with Gasteiger partial charge in [-0.25, -0.2) is 0 Å². The maximum Gasteiger partial charge on any atom is 0.0662 e. The lowest BCUT2D eigenvalue weighted by atomic mass is 9.77. The second-order valence-corrected chi connectivity index (χ2v) is 5.36. The molecule has 2 fully saturated rings. The van der Waals surface area contributed by atoms with Crippen LogP contribution in [0.25, 0.3) is 0 Å². The number of fused-ring (bicyclic) bond motifs is 1. The average molecular weight is 183 g/mol. The monoisotopic (exact) mass is 183 g/mol. The van der Waals surface area contributed by atoms with E-state index in [2.05, 4.69) is 18.9 Å².